The first-order valence-corrected chi connectivity index (χ1v) is 5.85. The number of ether oxygens (including phenoxy) is 1. The van der Waals surface area contributed by atoms with E-state index in [1.165, 1.54) is 7.11 Å². The van der Waals surface area contributed by atoms with Crippen LogP contribution in [0.1, 0.15) is 33.6 Å². The fourth-order valence-electron chi connectivity index (χ4n) is 2.23. The molecule has 92 valence electrons. The lowest BCUT2D eigenvalue weighted by atomic mass is 9.96. The largest absolute Gasteiger partial charge is 0.467 e. The molecule has 1 fully saturated rings. The predicted molar refractivity (Wildman–Crippen MR) is 60.8 cm³/mol. The summed E-state index contributed by atoms with van der Waals surface area (Å²) >= 11 is 0. The number of hydrogen-bond acceptors (Lipinski definition) is 3. The van der Waals surface area contributed by atoms with Crippen molar-refractivity contribution in [3.05, 3.63) is 0 Å². The van der Waals surface area contributed by atoms with Crippen molar-refractivity contribution in [2.45, 2.75) is 39.7 Å². The molecule has 1 heterocycles. The molecule has 0 spiro atoms. The molecule has 0 N–H and O–H groups in total. The SMILES string of the molecule is COC(=O)C(C)N1CCC(CC(C)C)C1=O. The van der Waals surface area contributed by atoms with Crippen molar-refractivity contribution in [2.24, 2.45) is 11.8 Å². The molecule has 0 radical (unpaired) electrons. The number of methoxy groups -OCH3 is 1. The van der Waals surface area contributed by atoms with Crippen LogP contribution in [0.4, 0.5) is 0 Å². The van der Waals surface area contributed by atoms with Gasteiger partial charge in [-0.25, -0.2) is 4.79 Å². The van der Waals surface area contributed by atoms with Gasteiger partial charge in [-0.1, -0.05) is 13.8 Å². The fraction of sp³-hybridized carbons (Fsp3) is 0.833. The van der Waals surface area contributed by atoms with E-state index in [1.54, 1.807) is 11.8 Å². The van der Waals surface area contributed by atoms with Gasteiger partial charge in [-0.2, -0.15) is 0 Å². The Kier molecular flexibility index (Phi) is 4.33. The lowest BCUT2D eigenvalue weighted by Crippen LogP contribution is -2.41. The maximum atomic E-state index is 12.0. The van der Waals surface area contributed by atoms with Crippen molar-refractivity contribution in [2.75, 3.05) is 13.7 Å². The number of carbonyl (C=O) groups excluding carboxylic acids is 2. The normalized spacial score (nSPS) is 22.7. The average molecular weight is 227 g/mol. The Morgan fingerprint density at radius 3 is 2.62 bits per heavy atom. The first-order valence-electron chi connectivity index (χ1n) is 5.85. The Morgan fingerprint density at radius 2 is 2.12 bits per heavy atom. The number of esters is 1. The molecule has 0 saturated carbocycles. The molecule has 1 aliphatic rings. The van der Waals surface area contributed by atoms with Crippen molar-refractivity contribution >= 4 is 11.9 Å². The second-order valence-electron chi connectivity index (χ2n) is 4.85. The van der Waals surface area contributed by atoms with Crippen molar-refractivity contribution in [1.82, 2.24) is 4.90 Å². The Balaban J connectivity index is 2.60. The highest BCUT2D eigenvalue weighted by Crippen LogP contribution is 2.26. The molecule has 0 aromatic carbocycles. The van der Waals surface area contributed by atoms with Gasteiger partial charge in [0.05, 0.1) is 7.11 Å². The van der Waals surface area contributed by atoms with Crippen molar-refractivity contribution < 1.29 is 14.3 Å². The Bertz CT molecular complexity index is 275. The van der Waals surface area contributed by atoms with Crippen LogP contribution in [0.2, 0.25) is 0 Å². The minimum Gasteiger partial charge on any atom is -0.467 e. The van der Waals surface area contributed by atoms with Gasteiger partial charge in [0, 0.05) is 12.5 Å². The van der Waals surface area contributed by atoms with Gasteiger partial charge in [-0.3, -0.25) is 4.79 Å². The Labute approximate surface area is 96.9 Å². The molecule has 0 bridgehead atoms. The molecular formula is C12H21NO3. The molecule has 1 amide bonds. The zero-order valence-electron chi connectivity index (χ0n) is 10.5. The van der Waals surface area contributed by atoms with Crippen molar-refractivity contribution in [3.63, 3.8) is 0 Å². The summed E-state index contributed by atoms with van der Waals surface area (Å²) in [4.78, 5) is 25.0. The van der Waals surface area contributed by atoms with Crippen molar-refractivity contribution in [1.29, 1.82) is 0 Å². The molecule has 1 saturated heterocycles. The molecular weight excluding hydrogens is 206 g/mol. The number of nitrogens with zero attached hydrogens (tertiary/aromatic N) is 1. The fourth-order valence-corrected chi connectivity index (χ4v) is 2.23. The molecule has 0 aromatic heterocycles. The van der Waals surface area contributed by atoms with Crippen LogP contribution in [0.25, 0.3) is 0 Å². The molecule has 4 nitrogen and oxygen atoms in total. The second kappa shape index (κ2) is 5.32. The first-order chi connectivity index (χ1) is 7.47. The van der Waals surface area contributed by atoms with E-state index >= 15 is 0 Å². The standard InChI is InChI=1S/C12H21NO3/c1-8(2)7-10-5-6-13(11(10)14)9(3)12(15)16-4/h8-10H,5-7H2,1-4H3. The van der Waals surface area contributed by atoms with Crippen LogP contribution in [0, 0.1) is 11.8 Å². The summed E-state index contributed by atoms with van der Waals surface area (Å²) in [5, 5.41) is 0. The molecule has 0 aliphatic carbocycles. The molecule has 1 aliphatic heterocycles. The third-order valence-corrected chi connectivity index (χ3v) is 3.12. The van der Waals surface area contributed by atoms with Crippen LogP contribution in [0.5, 0.6) is 0 Å². The molecule has 0 aromatic rings. The van der Waals surface area contributed by atoms with Gasteiger partial charge in [0.25, 0.3) is 0 Å². The van der Waals surface area contributed by atoms with E-state index in [0.29, 0.717) is 12.5 Å². The van der Waals surface area contributed by atoms with Gasteiger partial charge in [-0.15, -0.1) is 0 Å². The predicted octanol–water partition coefficient (Wildman–Crippen LogP) is 1.44. The Morgan fingerprint density at radius 1 is 1.50 bits per heavy atom. The summed E-state index contributed by atoms with van der Waals surface area (Å²) < 4.78 is 4.66. The average Bonchev–Trinajstić information content (AvgIpc) is 2.58. The van der Waals surface area contributed by atoms with Crippen molar-refractivity contribution in [3.8, 4) is 0 Å². The number of likely N-dealkylation sites (tertiary alicyclic amines) is 1. The zero-order chi connectivity index (χ0) is 12.3. The van der Waals surface area contributed by atoms with Crippen LogP contribution in [0.3, 0.4) is 0 Å². The van der Waals surface area contributed by atoms with E-state index in [1.807, 2.05) is 0 Å². The summed E-state index contributed by atoms with van der Waals surface area (Å²) in [6.07, 6.45) is 1.77. The first kappa shape index (κ1) is 13.0. The maximum absolute atomic E-state index is 12.0. The van der Waals surface area contributed by atoms with Gasteiger partial charge in [-0.05, 0) is 25.7 Å². The van der Waals surface area contributed by atoms with E-state index in [4.69, 9.17) is 0 Å². The minimum absolute atomic E-state index is 0.0899. The topological polar surface area (TPSA) is 46.6 Å². The summed E-state index contributed by atoms with van der Waals surface area (Å²) in [5.41, 5.74) is 0. The monoisotopic (exact) mass is 227 g/mol. The molecule has 1 rings (SSSR count). The highest BCUT2D eigenvalue weighted by Gasteiger charge is 2.37. The smallest absolute Gasteiger partial charge is 0.328 e. The quantitative estimate of drug-likeness (QED) is 0.683. The van der Waals surface area contributed by atoms with Crippen LogP contribution in [-0.4, -0.2) is 36.5 Å². The zero-order valence-corrected chi connectivity index (χ0v) is 10.5. The highest BCUT2D eigenvalue weighted by molar-refractivity contribution is 5.87. The second-order valence-corrected chi connectivity index (χ2v) is 4.85. The van der Waals surface area contributed by atoms with E-state index < -0.39 is 6.04 Å². The summed E-state index contributed by atoms with van der Waals surface area (Å²) in [6.45, 7) is 6.62. The van der Waals surface area contributed by atoms with E-state index in [0.717, 1.165) is 12.8 Å². The summed E-state index contributed by atoms with van der Waals surface area (Å²) in [5.74, 6) is 0.375. The lowest BCUT2D eigenvalue weighted by molar-refractivity contribution is -0.151. The molecule has 2 unspecified atom stereocenters. The van der Waals surface area contributed by atoms with E-state index in [9.17, 15) is 9.59 Å². The number of amides is 1. The number of hydrogen-bond donors (Lipinski definition) is 0. The lowest BCUT2D eigenvalue weighted by Gasteiger charge is -2.22. The Hall–Kier alpha value is -1.06. The molecule has 16 heavy (non-hydrogen) atoms. The molecule has 2 atom stereocenters. The summed E-state index contributed by atoms with van der Waals surface area (Å²) in [6, 6.07) is -0.449. The van der Waals surface area contributed by atoms with E-state index in [-0.39, 0.29) is 17.8 Å². The molecule has 4 heteroatoms. The number of carbonyl (C=O) groups is 2. The number of rotatable bonds is 4. The van der Waals surface area contributed by atoms with Gasteiger partial charge in [0.2, 0.25) is 5.91 Å². The van der Waals surface area contributed by atoms with Gasteiger partial charge in [0.15, 0.2) is 0 Å². The van der Waals surface area contributed by atoms with Crippen LogP contribution < -0.4 is 0 Å². The van der Waals surface area contributed by atoms with Crippen LogP contribution >= 0.6 is 0 Å². The van der Waals surface area contributed by atoms with E-state index in [2.05, 4.69) is 18.6 Å². The minimum atomic E-state index is -0.449. The highest BCUT2D eigenvalue weighted by atomic mass is 16.5. The van der Waals surface area contributed by atoms with Gasteiger partial charge >= 0.3 is 5.97 Å². The maximum Gasteiger partial charge on any atom is 0.328 e. The van der Waals surface area contributed by atoms with Gasteiger partial charge < -0.3 is 9.64 Å². The van der Waals surface area contributed by atoms with Crippen LogP contribution in [0.15, 0.2) is 0 Å². The third kappa shape index (κ3) is 2.74. The van der Waals surface area contributed by atoms with Gasteiger partial charge in [0.1, 0.15) is 6.04 Å². The summed E-state index contributed by atoms with van der Waals surface area (Å²) in [7, 11) is 1.35. The van der Waals surface area contributed by atoms with Crippen LogP contribution in [-0.2, 0) is 14.3 Å². The third-order valence-electron chi connectivity index (χ3n) is 3.12.